The second-order valence-electron chi connectivity index (χ2n) is 3.87. The van der Waals surface area contributed by atoms with Crippen molar-refractivity contribution < 1.29 is 19.4 Å². The van der Waals surface area contributed by atoms with Crippen molar-refractivity contribution in [3.8, 4) is 17.6 Å². The van der Waals surface area contributed by atoms with Crippen molar-refractivity contribution in [2.24, 2.45) is 0 Å². The van der Waals surface area contributed by atoms with Gasteiger partial charge in [0.05, 0.1) is 6.07 Å². The molecule has 6 nitrogen and oxygen atoms in total. The molecule has 6 heteroatoms. The Hall–Kier alpha value is -2.68. The standard InChI is InChI=1S/C12H8N2O4/c13-5-9-8-4-11-10(17-6-18-11)3-7(8)1-2-14(9)12(15)16/h1-4,9H,6H2,(H,15,16). The zero-order valence-electron chi connectivity index (χ0n) is 9.16. The second kappa shape index (κ2) is 3.67. The van der Waals surface area contributed by atoms with Gasteiger partial charge in [0.25, 0.3) is 0 Å². The highest BCUT2D eigenvalue weighted by Gasteiger charge is 2.30. The first-order valence-electron chi connectivity index (χ1n) is 5.23. The SMILES string of the molecule is N#CC1c2cc3c(cc2C=CN1C(=O)O)OCO3. The molecule has 1 aromatic rings. The highest BCUT2D eigenvalue weighted by Crippen LogP contribution is 2.40. The van der Waals surface area contributed by atoms with E-state index in [1.54, 1.807) is 18.2 Å². The Bertz CT molecular complexity index is 603. The van der Waals surface area contributed by atoms with E-state index in [0.29, 0.717) is 17.1 Å². The highest BCUT2D eigenvalue weighted by molar-refractivity contribution is 5.74. The Morgan fingerprint density at radius 2 is 2.17 bits per heavy atom. The summed E-state index contributed by atoms with van der Waals surface area (Å²) in [6.07, 6.45) is 1.85. The van der Waals surface area contributed by atoms with Crippen LogP contribution in [0.5, 0.6) is 11.5 Å². The van der Waals surface area contributed by atoms with Crippen LogP contribution in [0.4, 0.5) is 4.79 Å². The predicted octanol–water partition coefficient (Wildman–Crippen LogP) is 1.94. The maximum Gasteiger partial charge on any atom is 0.412 e. The summed E-state index contributed by atoms with van der Waals surface area (Å²) in [6.45, 7) is 0.141. The van der Waals surface area contributed by atoms with Crippen LogP contribution in [0.3, 0.4) is 0 Å². The Labute approximate surface area is 102 Å². The average Bonchev–Trinajstić information content (AvgIpc) is 2.81. The van der Waals surface area contributed by atoms with Gasteiger partial charge >= 0.3 is 6.09 Å². The summed E-state index contributed by atoms with van der Waals surface area (Å²) in [6, 6.07) is 4.52. The molecule has 0 radical (unpaired) electrons. The molecule has 0 saturated heterocycles. The van der Waals surface area contributed by atoms with Gasteiger partial charge in [-0.25, -0.2) is 4.79 Å². The van der Waals surface area contributed by atoms with Gasteiger partial charge in [0.15, 0.2) is 17.5 Å². The van der Waals surface area contributed by atoms with Crippen LogP contribution in [0.1, 0.15) is 17.2 Å². The van der Waals surface area contributed by atoms with Crippen LogP contribution in [0, 0.1) is 11.3 Å². The van der Waals surface area contributed by atoms with Crippen molar-refractivity contribution in [2.45, 2.75) is 6.04 Å². The van der Waals surface area contributed by atoms with E-state index in [-0.39, 0.29) is 6.79 Å². The van der Waals surface area contributed by atoms with Crippen LogP contribution in [0.15, 0.2) is 18.3 Å². The number of ether oxygens (including phenoxy) is 2. The van der Waals surface area contributed by atoms with Crippen LogP contribution < -0.4 is 9.47 Å². The molecule has 0 saturated carbocycles. The summed E-state index contributed by atoms with van der Waals surface area (Å²) in [5.41, 5.74) is 1.37. The average molecular weight is 244 g/mol. The van der Waals surface area contributed by atoms with E-state index in [0.717, 1.165) is 10.5 Å². The fourth-order valence-corrected chi connectivity index (χ4v) is 2.06. The third-order valence-electron chi connectivity index (χ3n) is 2.91. The monoisotopic (exact) mass is 244 g/mol. The van der Waals surface area contributed by atoms with Gasteiger partial charge in [-0.3, -0.25) is 4.90 Å². The quantitative estimate of drug-likeness (QED) is 0.754. The summed E-state index contributed by atoms with van der Waals surface area (Å²) in [5.74, 6) is 1.15. The van der Waals surface area contributed by atoms with E-state index < -0.39 is 12.1 Å². The van der Waals surface area contributed by atoms with Crippen LogP contribution in [-0.2, 0) is 0 Å². The Kier molecular flexibility index (Phi) is 2.13. The van der Waals surface area contributed by atoms with Crippen LogP contribution >= 0.6 is 0 Å². The van der Waals surface area contributed by atoms with Crippen molar-refractivity contribution in [3.63, 3.8) is 0 Å². The first-order chi connectivity index (χ1) is 8.70. The minimum atomic E-state index is -1.17. The minimum absolute atomic E-state index is 0.141. The molecular weight excluding hydrogens is 236 g/mol. The molecule has 0 aromatic heterocycles. The van der Waals surface area contributed by atoms with Gasteiger partial charge in [0.2, 0.25) is 6.79 Å². The molecule has 2 heterocycles. The Morgan fingerprint density at radius 3 is 2.83 bits per heavy atom. The maximum absolute atomic E-state index is 11.0. The van der Waals surface area contributed by atoms with E-state index in [2.05, 4.69) is 0 Å². The number of nitrogens with zero attached hydrogens (tertiary/aromatic N) is 2. The van der Waals surface area contributed by atoms with E-state index in [4.69, 9.17) is 19.8 Å². The maximum atomic E-state index is 11.0. The molecule has 1 unspecified atom stereocenters. The molecule has 0 bridgehead atoms. The number of carbonyl (C=O) groups is 1. The summed E-state index contributed by atoms with van der Waals surface area (Å²) >= 11 is 0. The lowest BCUT2D eigenvalue weighted by molar-refractivity contribution is 0.155. The molecule has 0 spiro atoms. The number of hydrogen-bond donors (Lipinski definition) is 1. The molecule has 1 N–H and O–H groups in total. The van der Waals surface area contributed by atoms with Crippen molar-refractivity contribution in [1.82, 2.24) is 4.90 Å². The van der Waals surface area contributed by atoms with Crippen molar-refractivity contribution >= 4 is 12.2 Å². The van der Waals surface area contributed by atoms with Gasteiger partial charge in [-0.1, -0.05) is 0 Å². The van der Waals surface area contributed by atoms with E-state index >= 15 is 0 Å². The fraction of sp³-hybridized carbons (Fsp3) is 0.167. The van der Waals surface area contributed by atoms with Gasteiger partial charge in [-0.05, 0) is 23.8 Å². The lowest BCUT2D eigenvalue weighted by Gasteiger charge is -2.26. The van der Waals surface area contributed by atoms with E-state index in [1.165, 1.54) is 6.20 Å². The molecule has 1 atom stereocenters. The van der Waals surface area contributed by atoms with Crippen LogP contribution in [0.2, 0.25) is 0 Å². The second-order valence-corrected chi connectivity index (χ2v) is 3.87. The number of amides is 1. The third-order valence-corrected chi connectivity index (χ3v) is 2.91. The summed E-state index contributed by atoms with van der Waals surface area (Å²) in [5, 5.41) is 18.2. The van der Waals surface area contributed by atoms with Gasteiger partial charge in [0.1, 0.15) is 0 Å². The smallest absolute Gasteiger partial charge is 0.412 e. The van der Waals surface area contributed by atoms with Crippen LogP contribution in [-0.4, -0.2) is 22.9 Å². The van der Waals surface area contributed by atoms with E-state index in [1.807, 2.05) is 6.07 Å². The predicted molar refractivity (Wildman–Crippen MR) is 59.8 cm³/mol. The number of benzene rings is 1. The molecule has 1 amide bonds. The molecule has 2 aliphatic heterocycles. The number of rotatable bonds is 0. The van der Waals surface area contributed by atoms with Crippen LogP contribution in [0.25, 0.3) is 6.08 Å². The van der Waals surface area contributed by atoms with Gasteiger partial charge < -0.3 is 14.6 Å². The molecule has 0 fully saturated rings. The van der Waals surface area contributed by atoms with Crippen molar-refractivity contribution in [3.05, 3.63) is 29.5 Å². The van der Waals surface area contributed by atoms with E-state index in [9.17, 15) is 4.79 Å². The topological polar surface area (TPSA) is 82.8 Å². The molecule has 90 valence electrons. The van der Waals surface area contributed by atoms with Gasteiger partial charge in [-0.15, -0.1) is 0 Å². The number of nitriles is 1. The zero-order valence-corrected chi connectivity index (χ0v) is 9.16. The summed E-state index contributed by atoms with van der Waals surface area (Å²) < 4.78 is 10.5. The third kappa shape index (κ3) is 1.38. The fourth-order valence-electron chi connectivity index (χ4n) is 2.06. The first-order valence-corrected chi connectivity index (χ1v) is 5.23. The normalized spacial score (nSPS) is 19.3. The molecule has 18 heavy (non-hydrogen) atoms. The minimum Gasteiger partial charge on any atom is -0.465 e. The van der Waals surface area contributed by atoms with Gasteiger partial charge in [-0.2, -0.15) is 5.26 Å². The lowest BCUT2D eigenvalue weighted by atomic mass is 9.96. The number of carboxylic acid groups (broad SMARTS) is 1. The largest absolute Gasteiger partial charge is 0.465 e. The van der Waals surface area contributed by atoms with Crippen molar-refractivity contribution in [1.29, 1.82) is 5.26 Å². The number of fused-ring (bicyclic) bond motifs is 2. The van der Waals surface area contributed by atoms with Gasteiger partial charge in [0, 0.05) is 11.8 Å². The molecule has 1 aromatic carbocycles. The molecular formula is C12H8N2O4. The summed E-state index contributed by atoms with van der Waals surface area (Å²) in [4.78, 5) is 12.0. The molecule has 3 rings (SSSR count). The molecule has 0 aliphatic carbocycles. The first kappa shape index (κ1) is 10.5. The van der Waals surface area contributed by atoms with Crippen molar-refractivity contribution in [2.75, 3.05) is 6.79 Å². The lowest BCUT2D eigenvalue weighted by Crippen LogP contribution is -2.30. The number of hydrogen-bond acceptors (Lipinski definition) is 4. The highest BCUT2D eigenvalue weighted by atomic mass is 16.7. The summed E-state index contributed by atoms with van der Waals surface area (Å²) in [7, 11) is 0. The zero-order chi connectivity index (χ0) is 12.7. The molecule has 2 aliphatic rings. The Morgan fingerprint density at radius 1 is 1.44 bits per heavy atom. The Balaban J connectivity index is 2.13.